The third-order valence-electron chi connectivity index (χ3n) is 8.01. The lowest BCUT2D eigenvalue weighted by Crippen LogP contribution is -2.60. The molecule has 0 spiro atoms. The summed E-state index contributed by atoms with van der Waals surface area (Å²) in [6.07, 6.45) is 9.30. The SMILES string of the molecule is CCCCCCCCCCCCCC(OC)C(Cc1ccc([N+](=O)[O-])cc1)(OC)C(=O)O[C@](O)(CO)[C@H]1OC(=O)C(O)=C1O. The molecular formula is C31H47NO12. The van der Waals surface area contributed by atoms with Gasteiger partial charge in [-0.1, -0.05) is 89.7 Å². The standard InChI is InChI=1S/C31H47NO12/c1-4-5-6-7-8-9-10-11-12-13-14-15-24(41-2)30(42-3,20-22-16-18-23(19-17-22)32(39)40)29(37)44-31(38,21-33)27-25(34)26(35)28(36)43-27/h16-19,24,27,33-35,38H,4-15,20-21H2,1-3H3/t24?,27-,30?,31+/m0/s1. The van der Waals surface area contributed by atoms with E-state index < -0.39 is 58.6 Å². The van der Waals surface area contributed by atoms with Crippen molar-refractivity contribution in [3.63, 3.8) is 0 Å². The van der Waals surface area contributed by atoms with Crippen molar-refractivity contribution in [2.45, 2.75) is 114 Å². The highest BCUT2D eigenvalue weighted by Crippen LogP contribution is 2.34. The molecule has 4 atom stereocenters. The lowest BCUT2D eigenvalue weighted by molar-refractivity contribution is -0.384. The largest absolute Gasteiger partial charge is 0.505 e. The van der Waals surface area contributed by atoms with Crippen LogP contribution in [0.5, 0.6) is 0 Å². The maximum atomic E-state index is 13.9. The Bertz CT molecular complexity index is 1110. The molecule has 0 saturated heterocycles. The Labute approximate surface area is 257 Å². The highest BCUT2D eigenvalue weighted by Gasteiger charge is 2.56. The topological polar surface area (TPSA) is 195 Å². The second kappa shape index (κ2) is 17.9. The molecule has 4 N–H and O–H groups in total. The molecule has 13 nitrogen and oxygen atoms in total. The lowest BCUT2D eigenvalue weighted by atomic mass is 9.85. The van der Waals surface area contributed by atoms with Gasteiger partial charge >= 0.3 is 11.9 Å². The molecule has 1 aliphatic heterocycles. The van der Waals surface area contributed by atoms with Gasteiger partial charge in [0.05, 0.1) is 11.0 Å². The third-order valence-corrected chi connectivity index (χ3v) is 8.01. The highest BCUT2D eigenvalue weighted by molar-refractivity contribution is 5.89. The van der Waals surface area contributed by atoms with Crippen molar-refractivity contribution in [2.75, 3.05) is 20.8 Å². The normalized spacial score (nSPS) is 18.4. The maximum absolute atomic E-state index is 13.9. The molecule has 0 aromatic heterocycles. The molecular weight excluding hydrogens is 578 g/mol. The zero-order valence-electron chi connectivity index (χ0n) is 25.9. The fourth-order valence-corrected chi connectivity index (χ4v) is 5.35. The van der Waals surface area contributed by atoms with Crippen molar-refractivity contribution in [3.05, 3.63) is 51.5 Å². The van der Waals surface area contributed by atoms with Gasteiger partial charge in [-0.2, -0.15) is 0 Å². The minimum absolute atomic E-state index is 0.164. The number of cyclic esters (lactones) is 1. The van der Waals surface area contributed by atoms with E-state index in [2.05, 4.69) is 6.92 Å². The van der Waals surface area contributed by atoms with E-state index in [0.717, 1.165) is 25.7 Å². The Morgan fingerprint density at radius 1 is 1.00 bits per heavy atom. The number of ether oxygens (including phenoxy) is 4. The average molecular weight is 626 g/mol. The van der Waals surface area contributed by atoms with Crippen LogP contribution in [0.15, 0.2) is 35.8 Å². The summed E-state index contributed by atoms with van der Waals surface area (Å²) in [5.41, 5.74) is -1.67. The van der Waals surface area contributed by atoms with Crippen LogP contribution < -0.4 is 0 Å². The molecule has 1 aromatic rings. The van der Waals surface area contributed by atoms with Crippen molar-refractivity contribution < 1.29 is 53.9 Å². The molecule has 1 aromatic carbocycles. The number of carbonyl (C=O) groups excluding carboxylic acids is 2. The molecule has 0 bridgehead atoms. The summed E-state index contributed by atoms with van der Waals surface area (Å²) in [4.78, 5) is 36.2. The monoisotopic (exact) mass is 625 g/mol. The molecule has 0 fully saturated rings. The van der Waals surface area contributed by atoms with Crippen LogP contribution in [0, 0.1) is 10.1 Å². The first-order chi connectivity index (χ1) is 21.0. The Morgan fingerprint density at radius 2 is 1.55 bits per heavy atom. The minimum Gasteiger partial charge on any atom is -0.505 e. The van der Waals surface area contributed by atoms with Gasteiger partial charge in [-0.25, -0.2) is 9.59 Å². The molecule has 0 amide bonds. The maximum Gasteiger partial charge on any atom is 0.378 e. The van der Waals surface area contributed by atoms with E-state index in [0.29, 0.717) is 18.4 Å². The predicted molar refractivity (Wildman–Crippen MR) is 159 cm³/mol. The summed E-state index contributed by atoms with van der Waals surface area (Å²) >= 11 is 0. The minimum atomic E-state index is -2.99. The quantitative estimate of drug-likeness (QED) is 0.0456. The van der Waals surface area contributed by atoms with E-state index in [4.69, 9.17) is 18.9 Å². The first-order valence-corrected chi connectivity index (χ1v) is 15.2. The van der Waals surface area contributed by atoms with Gasteiger partial charge in [0.25, 0.3) is 11.5 Å². The second-order valence-electron chi connectivity index (χ2n) is 11.2. The summed E-state index contributed by atoms with van der Waals surface area (Å²) in [5, 5.41) is 51.9. The van der Waals surface area contributed by atoms with Crippen LogP contribution in [0.1, 0.15) is 89.5 Å². The average Bonchev–Trinajstić information content (AvgIpc) is 3.28. The van der Waals surface area contributed by atoms with Gasteiger partial charge < -0.3 is 39.4 Å². The first-order valence-electron chi connectivity index (χ1n) is 15.2. The molecule has 2 rings (SSSR count). The van der Waals surface area contributed by atoms with E-state index in [9.17, 15) is 40.1 Å². The molecule has 13 heteroatoms. The molecule has 0 radical (unpaired) electrons. The number of benzene rings is 1. The first kappa shape index (κ1) is 36.9. The molecule has 0 saturated carbocycles. The van der Waals surface area contributed by atoms with Gasteiger partial charge in [0.2, 0.25) is 11.9 Å². The highest BCUT2D eigenvalue weighted by atomic mass is 16.7. The van der Waals surface area contributed by atoms with E-state index in [1.807, 2.05) is 0 Å². The van der Waals surface area contributed by atoms with E-state index in [1.54, 1.807) is 0 Å². The number of hydrogen-bond acceptors (Lipinski definition) is 12. The number of nitro groups is 1. The summed E-state index contributed by atoms with van der Waals surface area (Å²) in [5.74, 6) is -7.92. The lowest BCUT2D eigenvalue weighted by Gasteiger charge is -2.40. The fraction of sp³-hybridized carbons (Fsp3) is 0.677. The molecule has 1 aliphatic rings. The van der Waals surface area contributed by atoms with Crippen LogP contribution in [-0.4, -0.2) is 81.7 Å². The number of nitro benzene ring substituents is 1. The summed E-state index contributed by atoms with van der Waals surface area (Å²) in [6.45, 7) is 0.879. The van der Waals surface area contributed by atoms with Crippen molar-refractivity contribution in [1.82, 2.24) is 0 Å². The second-order valence-corrected chi connectivity index (χ2v) is 11.2. The van der Waals surface area contributed by atoms with Crippen molar-refractivity contribution in [1.29, 1.82) is 0 Å². The fourth-order valence-electron chi connectivity index (χ4n) is 5.35. The summed E-state index contributed by atoms with van der Waals surface area (Å²) in [6, 6.07) is 5.41. The van der Waals surface area contributed by atoms with Crippen molar-refractivity contribution in [3.8, 4) is 0 Å². The number of esters is 2. The number of aliphatic hydroxyl groups is 4. The Morgan fingerprint density at radius 3 is 1.98 bits per heavy atom. The molecule has 1 heterocycles. The number of carbonyl (C=O) groups is 2. The summed E-state index contributed by atoms with van der Waals surface area (Å²) < 4.78 is 21.5. The molecule has 2 unspecified atom stereocenters. The predicted octanol–water partition coefficient (Wildman–Crippen LogP) is 4.72. The van der Waals surface area contributed by atoms with Gasteiger partial charge in [0, 0.05) is 32.8 Å². The van der Waals surface area contributed by atoms with Gasteiger partial charge in [-0.3, -0.25) is 10.1 Å². The number of aliphatic hydroxyl groups excluding tert-OH is 3. The van der Waals surface area contributed by atoms with Gasteiger partial charge in [-0.05, 0) is 12.0 Å². The zero-order chi connectivity index (χ0) is 32.8. The van der Waals surface area contributed by atoms with Crippen molar-refractivity contribution in [2.24, 2.45) is 0 Å². The van der Waals surface area contributed by atoms with Crippen LogP contribution in [0.25, 0.3) is 0 Å². The number of non-ortho nitro benzene ring substituents is 1. The van der Waals surface area contributed by atoms with E-state index in [-0.39, 0.29) is 12.1 Å². The number of nitrogens with zero attached hydrogens (tertiary/aromatic N) is 1. The van der Waals surface area contributed by atoms with Crippen LogP contribution >= 0.6 is 0 Å². The zero-order valence-corrected chi connectivity index (χ0v) is 25.9. The number of hydrogen-bond donors (Lipinski definition) is 4. The third kappa shape index (κ3) is 9.62. The Hall–Kier alpha value is -3.26. The van der Waals surface area contributed by atoms with Gasteiger partial charge in [0.1, 0.15) is 6.61 Å². The van der Waals surface area contributed by atoms with E-state index in [1.165, 1.54) is 77.0 Å². The molecule has 0 aliphatic carbocycles. The van der Waals surface area contributed by atoms with Crippen LogP contribution in [0.4, 0.5) is 5.69 Å². The van der Waals surface area contributed by atoms with Crippen LogP contribution in [0.2, 0.25) is 0 Å². The van der Waals surface area contributed by atoms with Gasteiger partial charge in [0.15, 0.2) is 11.4 Å². The van der Waals surface area contributed by atoms with Crippen LogP contribution in [0.3, 0.4) is 0 Å². The number of methoxy groups -OCH3 is 2. The van der Waals surface area contributed by atoms with E-state index >= 15 is 0 Å². The Balaban J connectivity index is 2.21. The number of unbranched alkanes of at least 4 members (excludes halogenated alkanes) is 10. The van der Waals surface area contributed by atoms with Crippen molar-refractivity contribution >= 4 is 17.6 Å². The molecule has 248 valence electrons. The van der Waals surface area contributed by atoms with Gasteiger partial charge in [-0.15, -0.1) is 0 Å². The van der Waals surface area contributed by atoms with Crippen LogP contribution in [-0.2, 0) is 35.0 Å². The molecule has 44 heavy (non-hydrogen) atoms. The Kier molecular flexibility index (Phi) is 15.0. The number of rotatable bonds is 22. The summed E-state index contributed by atoms with van der Waals surface area (Å²) in [7, 11) is 2.61. The smallest absolute Gasteiger partial charge is 0.378 e.